The first kappa shape index (κ1) is 12.6. The molecular weight excluding hydrogens is 236 g/mol. The Morgan fingerprint density at radius 3 is 3.11 bits per heavy atom. The van der Waals surface area contributed by atoms with Crippen LogP contribution in [0.15, 0.2) is 36.5 Å². The minimum Gasteiger partial charge on any atom is -0.392 e. The lowest BCUT2D eigenvalue weighted by Crippen LogP contribution is -2.42. The number of aliphatic hydroxyl groups excluding tert-OH is 1. The molecule has 1 aromatic heterocycles. The summed E-state index contributed by atoms with van der Waals surface area (Å²) in [6.07, 6.45) is 2.72. The van der Waals surface area contributed by atoms with Crippen LogP contribution >= 0.6 is 0 Å². The van der Waals surface area contributed by atoms with Crippen molar-refractivity contribution in [3.63, 3.8) is 0 Å². The number of fused-ring (bicyclic) bond motifs is 1. The van der Waals surface area contributed by atoms with Gasteiger partial charge in [0.15, 0.2) is 0 Å². The molecule has 2 atom stereocenters. The molecule has 19 heavy (non-hydrogen) atoms. The maximum Gasteiger partial charge on any atom is 0.0702 e. The third-order valence-corrected chi connectivity index (χ3v) is 4.08. The predicted octanol–water partition coefficient (Wildman–Crippen LogP) is 2.44. The first-order valence-corrected chi connectivity index (χ1v) is 6.96. The number of aliphatic hydroxyl groups is 1. The first-order chi connectivity index (χ1) is 9.22. The fourth-order valence-corrected chi connectivity index (χ4v) is 2.74. The molecule has 0 aliphatic carbocycles. The van der Waals surface area contributed by atoms with Crippen LogP contribution in [0.2, 0.25) is 0 Å². The normalized spacial score (nSPS) is 24.7. The van der Waals surface area contributed by atoms with Crippen LogP contribution in [-0.4, -0.2) is 34.2 Å². The molecule has 1 saturated heterocycles. The van der Waals surface area contributed by atoms with Gasteiger partial charge in [0, 0.05) is 24.7 Å². The summed E-state index contributed by atoms with van der Waals surface area (Å²) in [5.41, 5.74) is 2.33. The van der Waals surface area contributed by atoms with Gasteiger partial charge < -0.3 is 5.11 Å². The SMILES string of the molecule is CC1CCN(Cc2ccc3ncccc3c2)CC1O. The molecule has 1 aliphatic rings. The average molecular weight is 256 g/mol. The van der Waals surface area contributed by atoms with E-state index in [1.54, 1.807) is 0 Å². The summed E-state index contributed by atoms with van der Waals surface area (Å²) >= 11 is 0. The van der Waals surface area contributed by atoms with Crippen LogP contribution in [0.25, 0.3) is 10.9 Å². The molecule has 0 spiro atoms. The highest BCUT2D eigenvalue weighted by molar-refractivity contribution is 5.78. The van der Waals surface area contributed by atoms with Gasteiger partial charge in [-0.25, -0.2) is 0 Å². The van der Waals surface area contributed by atoms with Gasteiger partial charge in [-0.15, -0.1) is 0 Å². The lowest BCUT2D eigenvalue weighted by atomic mass is 9.95. The van der Waals surface area contributed by atoms with Gasteiger partial charge in [0.25, 0.3) is 0 Å². The Kier molecular flexibility index (Phi) is 3.49. The third-order valence-electron chi connectivity index (χ3n) is 4.08. The highest BCUT2D eigenvalue weighted by Gasteiger charge is 2.23. The second kappa shape index (κ2) is 5.27. The van der Waals surface area contributed by atoms with Crippen molar-refractivity contribution in [2.24, 2.45) is 5.92 Å². The molecule has 3 nitrogen and oxygen atoms in total. The van der Waals surface area contributed by atoms with Crippen molar-refractivity contribution in [1.29, 1.82) is 0 Å². The summed E-state index contributed by atoms with van der Waals surface area (Å²) in [7, 11) is 0. The molecule has 1 aromatic carbocycles. The number of likely N-dealkylation sites (tertiary alicyclic amines) is 1. The summed E-state index contributed by atoms with van der Waals surface area (Å²) in [5.74, 6) is 0.428. The van der Waals surface area contributed by atoms with Crippen molar-refractivity contribution in [1.82, 2.24) is 9.88 Å². The molecule has 2 unspecified atom stereocenters. The van der Waals surface area contributed by atoms with E-state index >= 15 is 0 Å². The van der Waals surface area contributed by atoms with Gasteiger partial charge in [0.05, 0.1) is 11.6 Å². The summed E-state index contributed by atoms with van der Waals surface area (Å²) in [5, 5.41) is 11.1. The van der Waals surface area contributed by atoms with Crippen LogP contribution in [0.1, 0.15) is 18.9 Å². The molecular formula is C16H20N2O. The van der Waals surface area contributed by atoms with Crippen molar-refractivity contribution < 1.29 is 5.11 Å². The molecule has 100 valence electrons. The Labute approximate surface area is 113 Å². The zero-order valence-electron chi connectivity index (χ0n) is 11.3. The smallest absolute Gasteiger partial charge is 0.0702 e. The van der Waals surface area contributed by atoms with Crippen molar-refractivity contribution in [2.45, 2.75) is 26.0 Å². The zero-order chi connectivity index (χ0) is 13.2. The van der Waals surface area contributed by atoms with Crippen molar-refractivity contribution in [3.8, 4) is 0 Å². The zero-order valence-corrected chi connectivity index (χ0v) is 11.3. The number of nitrogens with zero attached hydrogens (tertiary/aromatic N) is 2. The van der Waals surface area contributed by atoms with E-state index in [1.165, 1.54) is 10.9 Å². The second-order valence-electron chi connectivity index (χ2n) is 5.60. The maximum atomic E-state index is 9.95. The molecule has 0 bridgehead atoms. The van der Waals surface area contributed by atoms with Crippen LogP contribution in [0.3, 0.4) is 0 Å². The van der Waals surface area contributed by atoms with Crippen molar-refractivity contribution in [3.05, 3.63) is 42.1 Å². The number of rotatable bonds is 2. The number of pyridine rings is 1. The molecule has 1 aliphatic heterocycles. The molecule has 1 fully saturated rings. The Bertz CT molecular complexity index is 569. The third kappa shape index (κ3) is 2.77. The number of benzene rings is 1. The molecule has 0 saturated carbocycles. The summed E-state index contributed by atoms with van der Waals surface area (Å²) in [6.45, 7) is 4.90. The molecule has 1 N–H and O–H groups in total. The first-order valence-electron chi connectivity index (χ1n) is 6.96. The number of hydrogen-bond donors (Lipinski definition) is 1. The lowest BCUT2D eigenvalue weighted by molar-refractivity contribution is 0.0259. The highest BCUT2D eigenvalue weighted by atomic mass is 16.3. The minimum absolute atomic E-state index is 0.184. The fraction of sp³-hybridized carbons (Fsp3) is 0.438. The van der Waals surface area contributed by atoms with Gasteiger partial charge in [-0.1, -0.05) is 19.1 Å². The standard InChI is InChI=1S/C16H20N2O/c1-12-6-8-18(11-16(12)19)10-13-4-5-15-14(9-13)3-2-7-17-15/h2-5,7,9,12,16,19H,6,8,10-11H2,1H3. The van der Waals surface area contributed by atoms with Crippen LogP contribution in [0.4, 0.5) is 0 Å². The highest BCUT2D eigenvalue weighted by Crippen LogP contribution is 2.20. The topological polar surface area (TPSA) is 36.4 Å². The predicted molar refractivity (Wildman–Crippen MR) is 76.8 cm³/mol. The molecule has 2 heterocycles. The lowest BCUT2D eigenvalue weighted by Gasteiger charge is -2.34. The van der Waals surface area contributed by atoms with Crippen LogP contribution < -0.4 is 0 Å². The monoisotopic (exact) mass is 256 g/mol. The van der Waals surface area contributed by atoms with E-state index in [-0.39, 0.29) is 6.10 Å². The van der Waals surface area contributed by atoms with E-state index in [1.807, 2.05) is 12.3 Å². The Balaban J connectivity index is 1.74. The number of hydrogen-bond acceptors (Lipinski definition) is 3. The van der Waals surface area contributed by atoms with Crippen molar-refractivity contribution >= 4 is 10.9 Å². The maximum absolute atomic E-state index is 9.95. The van der Waals surface area contributed by atoms with E-state index in [9.17, 15) is 5.11 Å². The Morgan fingerprint density at radius 1 is 1.37 bits per heavy atom. The quantitative estimate of drug-likeness (QED) is 0.896. The Morgan fingerprint density at radius 2 is 2.26 bits per heavy atom. The number of β-amino-alcohol motifs (C(OH)–C–C–N with tert-alkyl or cyclic N) is 1. The van der Waals surface area contributed by atoms with Crippen LogP contribution in [0.5, 0.6) is 0 Å². The Hall–Kier alpha value is -1.45. The molecule has 0 amide bonds. The second-order valence-corrected chi connectivity index (χ2v) is 5.60. The van der Waals surface area contributed by atoms with Crippen molar-refractivity contribution in [2.75, 3.05) is 13.1 Å². The average Bonchev–Trinajstić information content (AvgIpc) is 2.43. The van der Waals surface area contributed by atoms with E-state index in [2.05, 4.69) is 41.1 Å². The summed E-state index contributed by atoms with van der Waals surface area (Å²) in [6, 6.07) is 10.5. The van der Waals surface area contributed by atoms with Gasteiger partial charge in [0.2, 0.25) is 0 Å². The number of aromatic nitrogens is 1. The van der Waals surface area contributed by atoms with E-state index in [4.69, 9.17) is 0 Å². The van der Waals surface area contributed by atoms with Gasteiger partial charge in [0.1, 0.15) is 0 Å². The van der Waals surface area contributed by atoms with Gasteiger partial charge in [-0.2, -0.15) is 0 Å². The van der Waals surface area contributed by atoms with E-state index in [0.717, 1.165) is 31.6 Å². The van der Waals surface area contributed by atoms with E-state index < -0.39 is 0 Å². The van der Waals surface area contributed by atoms with E-state index in [0.29, 0.717) is 5.92 Å². The largest absolute Gasteiger partial charge is 0.392 e. The molecule has 3 heteroatoms. The van der Waals surface area contributed by atoms with Gasteiger partial charge in [-0.05, 0) is 42.6 Å². The number of piperidine rings is 1. The summed E-state index contributed by atoms with van der Waals surface area (Å²) < 4.78 is 0. The molecule has 3 rings (SSSR count). The van der Waals surface area contributed by atoms with Gasteiger partial charge >= 0.3 is 0 Å². The minimum atomic E-state index is -0.184. The van der Waals surface area contributed by atoms with Crippen LogP contribution in [0, 0.1) is 5.92 Å². The molecule has 2 aromatic rings. The van der Waals surface area contributed by atoms with Crippen LogP contribution in [-0.2, 0) is 6.54 Å². The molecule has 0 radical (unpaired) electrons. The summed E-state index contributed by atoms with van der Waals surface area (Å²) in [4.78, 5) is 6.67. The fourth-order valence-electron chi connectivity index (χ4n) is 2.74. The van der Waals surface area contributed by atoms with Gasteiger partial charge in [-0.3, -0.25) is 9.88 Å².